The van der Waals surface area contributed by atoms with Crippen molar-refractivity contribution in [2.24, 2.45) is 11.7 Å². The third kappa shape index (κ3) is 1.79. The first-order valence-electron chi connectivity index (χ1n) is 4.88. The molecule has 0 aromatic heterocycles. The Morgan fingerprint density at radius 1 is 1.36 bits per heavy atom. The van der Waals surface area contributed by atoms with Gasteiger partial charge in [-0.1, -0.05) is 12.1 Å². The molecule has 3 heteroatoms. The maximum atomic E-state index is 12.7. The summed E-state index contributed by atoms with van der Waals surface area (Å²) in [5.74, 6) is 0.163. The zero-order valence-corrected chi connectivity index (χ0v) is 7.95. The number of benzene rings is 1. The molecule has 0 saturated carbocycles. The summed E-state index contributed by atoms with van der Waals surface area (Å²) in [5, 5.41) is 0. The molecule has 0 aliphatic carbocycles. The Bertz CT molecular complexity index is 299. The van der Waals surface area contributed by atoms with Crippen LogP contribution in [0.1, 0.15) is 18.1 Å². The van der Waals surface area contributed by atoms with E-state index in [0.717, 1.165) is 18.6 Å². The molecular formula is C11H14FNO. The molecule has 2 N–H and O–H groups in total. The number of nitrogens with two attached hydrogens (primary N) is 1. The highest BCUT2D eigenvalue weighted by molar-refractivity contribution is 5.20. The molecule has 2 nitrogen and oxygen atoms in total. The van der Waals surface area contributed by atoms with Crippen LogP contribution in [-0.2, 0) is 4.74 Å². The molecule has 2 rings (SSSR count). The molecule has 1 saturated heterocycles. The summed E-state index contributed by atoms with van der Waals surface area (Å²) in [5.41, 5.74) is 6.66. The van der Waals surface area contributed by atoms with Gasteiger partial charge in [0.05, 0.1) is 6.10 Å². The van der Waals surface area contributed by atoms with Gasteiger partial charge in [-0.2, -0.15) is 0 Å². The van der Waals surface area contributed by atoms with Gasteiger partial charge in [0.15, 0.2) is 0 Å². The van der Waals surface area contributed by atoms with E-state index in [1.165, 1.54) is 12.1 Å². The topological polar surface area (TPSA) is 35.2 Å². The van der Waals surface area contributed by atoms with Crippen LogP contribution in [0.4, 0.5) is 4.39 Å². The molecule has 0 amide bonds. The normalized spacial score (nSPS) is 26.7. The molecule has 1 aliphatic rings. The van der Waals surface area contributed by atoms with Gasteiger partial charge in [0.2, 0.25) is 0 Å². The van der Waals surface area contributed by atoms with Gasteiger partial charge in [-0.05, 0) is 30.7 Å². The highest BCUT2D eigenvalue weighted by Crippen LogP contribution is 2.33. The predicted molar refractivity (Wildman–Crippen MR) is 52.3 cm³/mol. The largest absolute Gasteiger partial charge is 0.373 e. The summed E-state index contributed by atoms with van der Waals surface area (Å²) >= 11 is 0. The molecular weight excluding hydrogens is 181 g/mol. The molecule has 0 bridgehead atoms. The lowest BCUT2D eigenvalue weighted by atomic mass is 9.96. The van der Waals surface area contributed by atoms with E-state index in [1.54, 1.807) is 12.1 Å². The lowest BCUT2D eigenvalue weighted by molar-refractivity contribution is 0.0924. The molecule has 0 spiro atoms. The van der Waals surface area contributed by atoms with Crippen molar-refractivity contribution in [1.29, 1.82) is 0 Å². The summed E-state index contributed by atoms with van der Waals surface area (Å²) in [6.07, 6.45) is 1.05. The zero-order chi connectivity index (χ0) is 9.97. The van der Waals surface area contributed by atoms with Crippen LogP contribution in [0.5, 0.6) is 0 Å². The quantitative estimate of drug-likeness (QED) is 0.781. The summed E-state index contributed by atoms with van der Waals surface area (Å²) < 4.78 is 18.3. The molecule has 0 radical (unpaired) electrons. The average molecular weight is 195 g/mol. The van der Waals surface area contributed by atoms with Crippen LogP contribution >= 0.6 is 0 Å². The van der Waals surface area contributed by atoms with E-state index >= 15 is 0 Å². The van der Waals surface area contributed by atoms with Crippen LogP contribution in [0, 0.1) is 11.7 Å². The van der Waals surface area contributed by atoms with Gasteiger partial charge in [-0.25, -0.2) is 4.39 Å². The summed E-state index contributed by atoms with van der Waals surface area (Å²) in [6, 6.07) is 6.47. The Hall–Kier alpha value is -0.930. The lowest BCUT2D eigenvalue weighted by Gasteiger charge is -2.16. The van der Waals surface area contributed by atoms with Gasteiger partial charge < -0.3 is 10.5 Å². The molecule has 1 aromatic carbocycles. The summed E-state index contributed by atoms with van der Waals surface area (Å²) in [6.45, 7) is 1.38. The molecule has 2 atom stereocenters. The van der Waals surface area contributed by atoms with Crippen molar-refractivity contribution < 1.29 is 9.13 Å². The fraction of sp³-hybridized carbons (Fsp3) is 0.455. The fourth-order valence-corrected chi connectivity index (χ4v) is 1.90. The van der Waals surface area contributed by atoms with Gasteiger partial charge >= 0.3 is 0 Å². The number of ether oxygens (including phenoxy) is 1. The number of rotatable bonds is 2. The lowest BCUT2D eigenvalue weighted by Crippen LogP contribution is -2.17. The second-order valence-electron chi connectivity index (χ2n) is 3.63. The Morgan fingerprint density at radius 3 is 2.71 bits per heavy atom. The Kier molecular flexibility index (Phi) is 2.79. The van der Waals surface area contributed by atoms with Crippen LogP contribution in [-0.4, -0.2) is 13.2 Å². The highest BCUT2D eigenvalue weighted by Gasteiger charge is 2.28. The molecule has 0 unspecified atom stereocenters. The maximum Gasteiger partial charge on any atom is 0.123 e. The molecule has 1 aromatic rings. The minimum absolute atomic E-state index is 0.0561. The smallest absolute Gasteiger partial charge is 0.123 e. The van der Waals surface area contributed by atoms with E-state index in [1.807, 2.05) is 0 Å². The predicted octanol–water partition coefficient (Wildman–Crippen LogP) is 1.86. The van der Waals surface area contributed by atoms with Crippen molar-refractivity contribution in [3.05, 3.63) is 35.6 Å². The van der Waals surface area contributed by atoms with Crippen LogP contribution in [0.2, 0.25) is 0 Å². The van der Waals surface area contributed by atoms with Gasteiger partial charge in [0.1, 0.15) is 5.82 Å². The van der Waals surface area contributed by atoms with Gasteiger partial charge in [-0.15, -0.1) is 0 Å². The summed E-state index contributed by atoms with van der Waals surface area (Å²) in [4.78, 5) is 0. The minimum atomic E-state index is -0.212. The van der Waals surface area contributed by atoms with Crippen molar-refractivity contribution in [3.63, 3.8) is 0 Å². The first-order valence-corrected chi connectivity index (χ1v) is 4.88. The van der Waals surface area contributed by atoms with E-state index in [4.69, 9.17) is 10.5 Å². The number of halogens is 1. The van der Waals surface area contributed by atoms with E-state index in [0.29, 0.717) is 12.5 Å². The SMILES string of the molecule is NC[C@@H]1CCO[C@H]1c1ccc(F)cc1. The van der Waals surface area contributed by atoms with E-state index in [2.05, 4.69) is 0 Å². The van der Waals surface area contributed by atoms with E-state index in [9.17, 15) is 4.39 Å². The van der Waals surface area contributed by atoms with Crippen LogP contribution in [0.15, 0.2) is 24.3 Å². The van der Waals surface area contributed by atoms with Crippen molar-refractivity contribution in [2.75, 3.05) is 13.2 Å². The first-order chi connectivity index (χ1) is 6.81. The molecule has 76 valence electrons. The van der Waals surface area contributed by atoms with Crippen LogP contribution in [0.3, 0.4) is 0 Å². The van der Waals surface area contributed by atoms with Crippen molar-refractivity contribution in [3.8, 4) is 0 Å². The van der Waals surface area contributed by atoms with Gasteiger partial charge in [-0.3, -0.25) is 0 Å². The zero-order valence-electron chi connectivity index (χ0n) is 7.95. The summed E-state index contributed by atoms with van der Waals surface area (Å²) in [7, 11) is 0. The second kappa shape index (κ2) is 4.07. The monoisotopic (exact) mass is 195 g/mol. The number of hydrogen-bond acceptors (Lipinski definition) is 2. The Balaban J connectivity index is 2.17. The van der Waals surface area contributed by atoms with Crippen molar-refractivity contribution >= 4 is 0 Å². The minimum Gasteiger partial charge on any atom is -0.373 e. The van der Waals surface area contributed by atoms with Crippen LogP contribution < -0.4 is 5.73 Å². The molecule has 1 fully saturated rings. The van der Waals surface area contributed by atoms with Crippen molar-refractivity contribution in [2.45, 2.75) is 12.5 Å². The van der Waals surface area contributed by atoms with Gasteiger partial charge in [0, 0.05) is 12.5 Å². The van der Waals surface area contributed by atoms with Crippen molar-refractivity contribution in [1.82, 2.24) is 0 Å². The van der Waals surface area contributed by atoms with E-state index < -0.39 is 0 Å². The standard InChI is InChI=1S/C11H14FNO/c12-10-3-1-8(2-4-10)11-9(7-13)5-6-14-11/h1-4,9,11H,5-7,13H2/t9-,11-/m0/s1. The maximum absolute atomic E-state index is 12.7. The van der Waals surface area contributed by atoms with E-state index in [-0.39, 0.29) is 11.9 Å². The fourth-order valence-electron chi connectivity index (χ4n) is 1.90. The molecule has 14 heavy (non-hydrogen) atoms. The third-order valence-electron chi connectivity index (χ3n) is 2.72. The Labute approximate surface area is 82.9 Å². The van der Waals surface area contributed by atoms with Gasteiger partial charge in [0.25, 0.3) is 0 Å². The van der Waals surface area contributed by atoms with Crippen LogP contribution in [0.25, 0.3) is 0 Å². The second-order valence-corrected chi connectivity index (χ2v) is 3.63. The highest BCUT2D eigenvalue weighted by atomic mass is 19.1. The molecule has 1 aliphatic heterocycles. The average Bonchev–Trinajstić information content (AvgIpc) is 2.67. The number of hydrogen-bond donors (Lipinski definition) is 1. The first kappa shape index (κ1) is 9.62. The molecule has 1 heterocycles. The Morgan fingerprint density at radius 2 is 2.07 bits per heavy atom. The third-order valence-corrected chi connectivity index (χ3v) is 2.72.